The van der Waals surface area contributed by atoms with Gasteiger partial charge in [-0.2, -0.15) is 5.10 Å². The second-order valence-electron chi connectivity index (χ2n) is 3.45. The first-order chi connectivity index (χ1) is 7.25. The van der Waals surface area contributed by atoms with Crippen molar-refractivity contribution < 1.29 is 13.5 Å². The van der Waals surface area contributed by atoms with Crippen LogP contribution < -0.4 is 5.32 Å². The van der Waals surface area contributed by atoms with Gasteiger partial charge in [0.15, 0.2) is 0 Å². The molecule has 1 aromatic rings. The molecule has 2 heterocycles. The Morgan fingerprint density at radius 2 is 2.53 bits per heavy atom. The maximum absolute atomic E-state index is 12.1. The molecule has 1 saturated heterocycles. The molecule has 6 heteroatoms. The van der Waals surface area contributed by atoms with E-state index in [-0.39, 0.29) is 12.6 Å². The largest absolute Gasteiger partial charge is 0.371 e. The highest BCUT2D eigenvalue weighted by atomic mass is 19.3. The van der Waals surface area contributed by atoms with Gasteiger partial charge in [-0.3, -0.25) is 4.68 Å². The van der Waals surface area contributed by atoms with E-state index >= 15 is 0 Å². The predicted molar refractivity (Wildman–Crippen MR) is 49.8 cm³/mol. The lowest BCUT2D eigenvalue weighted by atomic mass is 10.2. The second-order valence-corrected chi connectivity index (χ2v) is 3.45. The van der Waals surface area contributed by atoms with Crippen LogP contribution >= 0.6 is 0 Å². The average Bonchev–Trinajstić information content (AvgIpc) is 2.67. The summed E-state index contributed by atoms with van der Waals surface area (Å²) in [6.45, 7) is 1.83. The highest BCUT2D eigenvalue weighted by Crippen LogP contribution is 2.17. The average molecular weight is 217 g/mol. The van der Waals surface area contributed by atoms with E-state index in [9.17, 15) is 8.78 Å². The number of aromatic nitrogens is 2. The predicted octanol–water partition coefficient (Wildman–Crippen LogP) is 0.809. The Morgan fingerprint density at radius 1 is 1.67 bits per heavy atom. The Hall–Kier alpha value is -1.01. The fraction of sp³-hybridized carbons (Fsp3) is 0.667. The first-order valence-electron chi connectivity index (χ1n) is 4.88. The van der Waals surface area contributed by atoms with Crippen molar-refractivity contribution in [3.05, 3.63) is 18.0 Å². The molecule has 2 rings (SSSR count). The van der Waals surface area contributed by atoms with Gasteiger partial charge in [0.25, 0.3) is 6.43 Å². The molecule has 0 aromatic carbocycles. The number of halogens is 2. The van der Waals surface area contributed by atoms with Crippen molar-refractivity contribution in [2.24, 2.45) is 0 Å². The van der Waals surface area contributed by atoms with Crippen molar-refractivity contribution in [1.82, 2.24) is 15.1 Å². The molecule has 4 nitrogen and oxygen atoms in total. The van der Waals surface area contributed by atoms with Gasteiger partial charge in [0.05, 0.1) is 18.9 Å². The molecule has 1 atom stereocenters. The summed E-state index contributed by atoms with van der Waals surface area (Å²) in [5, 5.41) is 7.03. The molecule has 15 heavy (non-hydrogen) atoms. The summed E-state index contributed by atoms with van der Waals surface area (Å²) >= 11 is 0. The van der Waals surface area contributed by atoms with E-state index in [0.717, 1.165) is 12.1 Å². The van der Waals surface area contributed by atoms with Gasteiger partial charge in [-0.15, -0.1) is 0 Å². The molecule has 0 saturated carbocycles. The summed E-state index contributed by atoms with van der Waals surface area (Å²) in [7, 11) is 0. The minimum Gasteiger partial charge on any atom is -0.371 e. The molecular weight excluding hydrogens is 204 g/mol. The molecule has 1 aliphatic rings. The van der Waals surface area contributed by atoms with Crippen molar-refractivity contribution in [2.75, 3.05) is 19.7 Å². The fourth-order valence-electron chi connectivity index (χ4n) is 1.57. The summed E-state index contributed by atoms with van der Waals surface area (Å²) in [5.74, 6) is 0. The molecule has 0 spiro atoms. The minimum atomic E-state index is -2.37. The Bertz CT molecular complexity index is 310. The smallest absolute Gasteiger partial charge is 0.257 e. The van der Waals surface area contributed by atoms with Gasteiger partial charge < -0.3 is 10.1 Å². The monoisotopic (exact) mass is 217 g/mol. The van der Waals surface area contributed by atoms with Crippen LogP contribution in [-0.2, 0) is 11.3 Å². The van der Waals surface area contributed by atoms with Crippen LogP contribution in [0.5, 0.6) is 0 Å². The van der Waals surface area contributed by atoms with Crippen LogP contribution in [0, 0.1) is 0 Å². The number of hydrogen-bond acceptors (Lipinski definition) is 3. The van der Waals surface area contributed by atoms with Crippen LogP contribution in [0.25, 0.3) is 0 Å². The van der Waals surface area contributed by atoms with Gasteiger partial charge in [0, 0.05) is 24.8 Å². The lowest BCUT2D eigenvalue weighted by molar-refractivity contribution is 0.0275. The van der Waals surface area contributed by atoms with Crippen LogP contribution in [0.2, 0.25) is 0 Å². The third-order valence-corrected chi connectivity index (χ3v) is 2.28. The number of alkyl halides is 2. The van der Waals surface area contributed by atoms with Crippen LogP contribution in [-0.4, -0.2) is 35.9 Å². The minimum absolute atomic E-state index is 0.0647. The second kappa shape index (κ2) is 4.67. The van der Waals surface area contributed by atoms with E-state index in [1.54, 1.807) is 12.4 Å². The maximum atomic E-state index is 12.1. The molecule has 84 valence electrons. The first kappa shape index (κ1) is 10.5. The summed E-state index contributed by atoms with van der Waals surface area (Å²) in [6, 6.07) is 0. The maximum Gasteiger partial charge on any atom is 0.257 e. The third kappa shape index (κ3) is 2.73. The number of nitrogens with zero attached hydrogens (tertiary/aromatic N) is 2. The normalized spacial score (nSPS) is 22.2. The standard InChI is InChI=1S/C9H13F2N3O/c10-9(11)6-14-5-7(3-13-14)8-4-12-1-2-15-8/h3,5,8-9,12H,1-2,4,6H2. The molecule has 1 unspecified atom stereocenters. The molecule has 1 N–H and O–H groups in total. The van der Waals surface area contributed by atoms with Gasteiger partial charge >= 0.3 is 0 Å². The van der Waals surface area contributed by atoms with Crippen LogP contribution in [0.15, 0.2) is 12.4 Å². The zero-order valence-electron chi connectivity index (χ0n) is 8.20. The van der Waals surface area contributed by atoms with Gasteiger partial charge in [-0.05, 0) is 0 Å². The third-order valence-electron chi connectivity index (χ3n) is 2.28. The van der Waals surface area contributed by atoms with E-state index in [1.165, 1.54) is 4.68 Å². The van der Waals surface area contributed by atoms with Crippen LogP contribution in [0.1, 0.15) is 11.7 Å². The first-order valence-corrected chi connectivity index (χ1v) is 4.88. The van der Waals surface area contributed by atoms with E-state index in [0.29, 0.717) is 13.2 Å². The van der Waals surface area contributed by atoms with Crippen LogP contribution in [0.3, 0.4) is 0 Å². The summed E-state index contributed by atoms with van der Waals surface area (Å²) < 4.78 is 30.9. The zero-order chi connectivity index (χ0) is 10.7. The highest BCUT2D eigenvalue weighted by molar-refractivity contribution is 5.09. The molecule has 1 fully saturated rings. The molecule has 0 aliphatic carbocycles. The van der Waals surface area contributed by atoms with E-state index in [1.807, 2.05) is 0 Å². The number of rotatable bonds is 3. The lowest BCUT2D eigenvalue weighted by Crippen LogP contribution is -2.33. The molecule has 1 aliphatic heterocycles. The molecular formula is C9H13F2N3O. The highest BCUT2D eigenvalue weighted by Gasteiger charge is 2.17. The molecule has 0 bridgehead atoms. The van der Waals surface area contributed by atoms with Gasteiger partial charge in [-0.25, -0.2) is 8.78 Å². The van der Waals surface area contributed by atoms with Gasteiger partial charge in [0.2, 0.25) is 0 Å². The van der Waals surface area contributed by atoms with Crippen molar-refractivity contribution in [3.63, 3.8) is 0 Å². The molecule has 1 aromatic heterocycles. The Labute approximate surface area is 86.2 Å². The van der Waals surface area contributed by atoms with Crippen molar-refractivity contribution in [1.29, 1.82) is 0 Å². The lowest BCUT2D eigenvalue weighted by Gasteiger charge is -2.22. The zero-order valence-corrected chi connectivity index (χ0v) is 8.20. The topological polar surface area (TPSA) is 39.1 Å². The van der Waals surface area contributed by atoms with Gasteiger partial charge in [0.1, 0.15) is 6.54 Å². The Morgan fingerprint density at radius 3 is 3.20 bits per heavy atom. The number of hydrogen-bond donors (Lipinski definition) is 1. The SMILES string of the molecule is FC(F)Cn1cc(C2CNCCO2)cn1. The molecule has 0 amide bonds. The Balaban J connectivity index is 1.99. The van der Waals surface area contributed by atoms with Crippen molar-refractivity contribution >= 4 is 0 Å². The Kier molecular flexibility index (Phi) is 3.27. The molecule has 0 radical (unpaired) electrons. The fourth-order valence-corrected chi connectivity index (χ4v) is 1.57. The van der Waals surface area contributed by atoms with E-state index in [4.69, 9.17) is 4.74 Å². The quantitative estimate of drug-likeness (QED) is 0.814. The van der Waals surface area contributed by atoms with E-state index in [2.05, 4.69) is 10.4 Å². The van der Waals surface area contributed by atoms with E-state index < -0.39 is 6.43 Å². The summed E-state index contributed by atoms with van der Waals surface area (Å²) in [4.78, 5) is 0. The van der Waals surface area contributed by atoms with Gasteiger partial charge in [-0.1, -0.05) is 0 Å². The number of nitrogens with one attached hydrogen (secondary N) is 1. The van der Waals surface area contributed by atoms with Crippen molar-refractivity contribution in [2.45, 2.75) is 19.1 Å². The number of morpholine rings is 1. The summed E-state index contributed by atoms with van der Waals surface area (Å²) in [6.07, 6.45) is 0.762. The van der Waals surface area contributed by atoms with Crippen molar-refractivity contribution in [3.8, 4) is 0 Å². The summed E-state index contributed by atoms with van der Waals surface area (Å²) in [5.41, 5.74) is 0.850. The van der Waals surface area contributed by atoms with Crippen LogP contribution in [0.4, 0.5) is 8.78 Å². The number of ether oxygens (including phenoxy) is 1.